The third kappa shape index (κ3) is 3.61. The Hall–Kier alpha value is -2.33. The van der Waals surface area contributed by atoms with Crippen molar-refractivity contribution in [2.45, 2.75) is 32.2 Å². The van der Waals surface area contributed by atoms with Crippen LogP contribution in [0.3, 0.4) is 0 Å². The number of piperidine rings is 1. The molecule has 4 rings (SSSR count). The number of benzene rings is 1. The van der Waals surface area contributed by atoms with Gasteiger partial charge in [-0.25, -0.2) is 0 Å². The van der Waals surface area contributed by atoms with Gasteiger partial charge in [0.1, 0.15) is 0 Å². The summed E-state index contributed by atoms with van der Waals surface area (Å²) in [6.07, 6.45) is 11.8. The van der Waals surface area contributed by atoms with Crippen LogP contribution in [0.25, 0.3) is 23.4 Å². The standard InChI is InChI=1S/C22H28N4/c1-3-16-10-19(14-24-13-16)18-11-17-4-7-23-15-21(17)22(12-18)25-20-5-8-26(2)9-6-20/h4,10-15,20,23,25H,3,5-9H2,1-2H3. The summed E-state index contributed by atoms with van der Waals surface area (Å²) in [5.74, 6) is 0. The average molecular weight is 348 g/mol. The lowest BCUT2D eigenvalue weighted by Crippen LogP contribution is -2.40. The first-order valence-electron chi connectivity index (χ1n) is 9.70. The summed E-state index contributed by atoms with van der Waals surface area (Å²) in [5.41, 5.74) is 4.96. The fourth-order valence-electron chi connectivity index (χ4n) is 3.83. The molecule has 2 N–H and O–H groups in total. The molecule has 2 aromatic rings. The van der Waals surface area contributed by atoms with E-state index in [1.54, 1.807) is 0 Å². The number of fused-ring (bicyclic) bond motifs is 1. The second-order valence-corrected chi connectivity index (χ2v) is 7.44. The highest BCUT2D eigenvalue weighted by Crippen LogP contribution is 2.22. The van der Waals surface area contributed by atoms with E-state index in [9.17, 15) is 0 Å². The molecular formula is C22H28N4. The van der Waals surface area contributed by atoms with Crippen LogP contribution in [-0.2, 0) is 6.42 Å². The molecule has 0 amide bonds. The first kappa shape index (κ1) is 17.1. The predicted molar refractivity (Wildman–Crippen MR) is 109 cm³/mol. The lowest BCUT2D eigenvalue weighted by Gasteiger charge is -2.30. The Morgan fingerprint density at radius 2 is 2.00 bits per heavy atom. The van der Waals surface area contributed by atoms with Crippen molar-refractivity contribution >= 4 is 18.0 Å². The molecule has 0 saturated carbocycles. The van der Waals surface area contributed by atoms with Crippen molar-refractivity contribution in [2.75, 3.05) is 32.0 Å². The summed E-state index contributed by atoms with van der Waals surface area (Å²) in [6, 6.07) is 7.40. The van der Waals surface area contributed by atoms with Crippen molar-refractivity contribution in [3.05, 3.63) is 46.6 Å². The van der Waals surface area contributed by atoms with Gasteiger partial charge in [-0.1, -0.05) is 13.0 Å². The number of aromatic nitrogens is 1. The van der Waals surface area contributed by atoms with Gasteiger partial charge in [-0.15, -0.1) is 0 Å². The summed E-state index contributed by atoms with van der Waals surface area (Å²) in [7, 11) is 2.21. The Labute approximate surface area is 155 Å². The maximum Gasteiger partial charge on any atom is 0.0442 e. The molecule has 26 heavy (non-hydrogen) atoms. The van der Waals surface area contributed by atoms with Crippen LogP contribution in [0, 0.1) is 0 Å². The number of nitrogens with zero attached hydrogens (tertiary/aromatic N) is 2. The van der Waals surface area contributed by atoms with Gasteiger partial charge < -0.3 is 15.5 Å². The van der Waals surface area contributed by atoms with E-state index < -0.39 is 0 Å². The maximum atomic E-state index is 4.44. The lowest BCUT2D eigenvalue weighted by atomic mass is 10.00. The SMILES string of the molecule is CCc1cncc(-c2cc(NC3CCN(C)CC3)c3c(c2)=CCNC=3)c1. The fraction of sp³-hybridized carbons (Fsp3) is 0.409. The Balaban J connectivity index is 1.73. The van der Waals surface area contributed by atoms with Crippen molar-refractivity contribution in [1.82, 2.24) is 15.2 Å². The van der Waals surface area contributed by atoms with Gasteiger partial charge in [0.25, 0.3) is 0 Å². The zero-order chi connectivity index (χ0) is 17.9. The van der Waals surface area contributed by atoms with Gasteiger partial charge in [0.2, 0.25) is 0 Å². The number of aryl methyl sites for hydroxylation is 1. The molecule has 0 spiro atoms. The first-order valence-corrected chi connectivity index (χ1v) is 9.70. The Kier molecular flexibility index (Phi) is 4.93. The highest BCUT2D eigenvalue weighted by Gasteiger charge is 2.17. The molecule has 0 atom stereocenters. The molecular weight excluding hydrogens is 320 g/mol. The van der Waals surface area contributed by atoms with Crippen LogP contribution >= 0.6 is 0 Å². The zero-order valence-electron chi connectivity index (χ0n) is 15.8. The van der Waals surface area contributed by atoms with E-state index in [0.29, 0.717) is 6.04 Å². The lowest BCUT2D eigenvalue weighted by molar-refractivity contribution is 0.264. The molecule has 0 unspecified atom stereocenters. The van der Waals surface area contributed by atoms with Gasteiger partial charge in [-0.3, -0.25) is 4.98 Å². The summed E-state index contributed by atoms with van der Waals surface area (Å²) in [6.45, 7) is 5.39. The van der Waals surface area contributed by atoms with Gasteiger partial charge in [0.15, 0.2) is 0 Å². The maximum absolute atomic E-state index is 4.44. The van der Waals surface area contributed by atoms with Crippen LogP contribution in [-0.4, -0.2) is 42.6 Å². The second-order valence-electron chi connectivity index (χ2n) is 7.44. The van der Waals surface area contributed by atoms with Crippen LogP contribution in [0.4, 0.5) is 5.69 Å². The minimum absolute atomic E-state index is 0.543. The number of pyridine rings is 1. The number of anilines is 1. The molecule has 1 aromatic heterocycles. The van der Waals surface area contributed by atoms with Crippen molar-refractivity contribution in [2.24, 2.45) is 0 Å². The molecule has 2 aliphatic heterocycles. The Bertz CT molecular complexity index is 895. The van der Waals surface area contributed by atoms with E-state index >= 15 is 0 Å². The minimum atomic E-state index is 0.543. The van der Waals surface area contributed by atoms with Gasteiger partial charge in [0, 0.05) is 47.6 Å². The molecule has 136 valence electrons. The summed E-state index contributed by atoms with van der Waals surface area (Å²) < 4.78 is 0. The van der Waals surface area contributed by atoms with Gasteiger partial charge in [-0.2, -0.15) is 0 Å². The zero-order valence-corrected chi connectivity index (χ0v) is 15.8. The molecule has 1 saturated heterocycles. The van der Waals surface area contributed by atoms with Crippen LogP contribution in [0.1, 0.15) is 25.3 Å². The minimum Gasteiger partial charge on any atom is -0.387 e. The topological polar surface area (TPSA) is 40.2 Å². The molecule has 0 aliphatic carbocycles. The van der Waals surface area contributed by atoms with E-state index in [4.69, 9.17) is 0 Å². The average Bonchev–Trinajstić information content (AvgIpc) is 2.69. The molecule has 3 heterocycles. The summed E-state index contributed by atoms with van der Waals surface area (Å²) >= 11 is 0. The monoisotopic (exact) mass is 348 g/mol. The van der Waals surface area contributed by atoms with E-state index in [1.807, 2.05) is 12.4 Å². The van der Waals surface area contributed by atoms with E-state index in [2.05, 4.69) is 65.0 Å². The van der Waals surface area contributed by atoms with Crippen LogP contribution in [0.5, 0.6) is 0 Å². The molecule has 4 nitrogen and oxygen atoms in total. The van der Waals surface area contributed by atoms with Gasteiger partial charge in [0.05, 0.1) is 0 Å². The third-order valence-electron chi connectivity index (χ3n) is 5.51. The second kappa shape index (κ2) is 7.50. The van der Waals surface area contributed by atoms with Crippen molar-refractivity contribution in [3.8, 4) is 11.1 Å². The number of likely N-dealkylation sites (tertiary alicyclic amines) is 1. The molecule has 1 fully saturated rings. The molecule has 1 aromatic carbocycles. The van der Waals surface area contributed by atoms with Crippen molar-refractivity contribution in [1.29, 1.82) is 0 Å². The normalized spacial score (nSPS) is 17.6. The van der Waals surface area contributed by atoms with Crippen molar-refractivity contribution < 1.29 is 0 Å². The molecule has 4 heteroatoms. The number of hydrogen-bond donors (Lipinski definition) is 2. The van der Waals surface area contributed by atoms with Gasteiger partial charge >= 0.3 is 0 Å². The molecule has 0 bridgehead atoms. The smallest absolute Gasteiger partial charge is 0.0442 e. The fourth-order valence-corrected chi connectivity index (χ4v) is 3.83. The molecule has 0 radical (unpaired) electrons. The molecule has 2 aliphatic rings. The highest BCUT2D eigenvalue weighted by atomic mass is 15.1. The van der Waals surface area contributed by atoms with Crippen LogP contribution < -0.4 is 21.1 Å². The Morgan fingerprint density at radius 1 is 1.15 bits per heavy atom. The van der Waals surface area contributed by atoms with Crippen LogP contribution in [0.2, 0.25) is 0 Å². The largest absolute Gasteiger partial charge is 0.387 e. The summed E-state index contributed by atoms with van der Waals surface area (Å²) in [5, 5.41) is 9.77. The van der Waals surface area contributed by atoms with E-state index in [-0.39, 0.29) is 0 Å². The number of rotatable bonds is 4. The van der Waals surface area contributed by atoms with Gasteiger partial charge in [-0.05, 0) is 73.9 Å². The first-order chi connectivity index (χ1) is 12.7. The third-order valence-corrected chi connectivity index (χ3v) is 5.51. The summed E-state index contributed by atoms with van der Waals surface area (Å²) in [4.78, 5) is 6.85. The quantitative estimate of drug-likeness (QED) is 0.886. The highest BCUT2D eigenvalue weighted by molar-refractivity contribution is 5.70. The Morgan fingerprint density at radius 3 is 2.81 bits per heavy atom. The van der Waals surface area contributed by atoms with E-state index in [0.717, 1.165) is 26.1 Å². The number of nitrogens with one attached hydrogen (secondary N) is 2. The van der Waals surface area contributed by atoms with E-state index in [1.165, 1.54) is 45.7 Å². The van der Waals surface area contributed by atoms with Crippen molar-refractivity contribution in [3.63, 3.8) is 0 Å². The van der Waals surface area contributed by atoms with Crippen LogP contribution in [0.15, 0.2) is 30.6 Å². The predicted octanol–water partition coefficient (Wildman–Crippen LogP) is 1.94. The number of hydrogen-bond acceptors (Lipinski definition) is 4.